The van der Waals surface area contributed by atoms with E-state index in [0.29, 0.717) is 0 Å². The lowest BCUT2D eigenvalue weighted by Gasteiger charge is -2.10. The molecule has 0 bridgehead atoms. The summed E-state index contributed by atoms with van der Waals surface area (Å²) in [4.78, 5) is 1.32. The fourth-order valence-electron chi connectivity index (χ4n) is 1.83. The van der Waals surface area contributed by atoms with Crippen molar-refractivity contribution in [1.29, 1.82) is 0 Å². The van der Waals surface area contributed by atoms with Crippen LogP contribution in [-0.2, 0) is 12.3 Å². The van der Waals surface area contributed by atoms with E-state index in [-0.39, 0.29) is 0 Å². The molecule has 0 aliphatic rings. The Hall–Kier alpha value is -0.480. The summed E-state index contributed by atoms with van der Waals surface area (Å²) in [5.74, 6) is 0.956. The van der Waals surface area contributed by atoms with E-state index in [4.69, 9.17) is 11.6 Å². The van der Waals surface area contributed by atoms with Gasteiger partial charge in [0.1, 0.15) is 0 Å². The minimum Gasteiger partial charge on any atom is -0.313 e. The third-order valence-corrected chi connectivity index (χ3v) is 4.83. The van der Waals surface area contributed by atoms with Crippen LogP contribution in [0.15, 0.2) is 51.8 Å². The molecule has 4 heteroatoms. The van der Waals surface area contributed by atoms with Crippen LogP contribution in [0.5, 0.6) is 0 Å². The number of hydrogen-bond donors (Lipinski definition) is 1. The lowest BCUT2D eigenvalue weighted by molar-refractivity contribution is 0.717. The van der Waals surface area contributed by atoms with Crippen LogP contribution in [0.2, 0.25) is 5.02 Å². The molecule has 0 heterocycles. The van der Waals surface area contributed by atoms with Crippen molar-refractivity contribution < 1.29 is 0 Å². The Morgan fingerprint density at radius 3 is 2.60 bits per heavy atom. The Balaban J connectivity index is 2.06. The van der Waals surface area contributed by atoms with Crippen molar-refractivity contribution in [1.82, 2.24) is 5.32 Å². The average Bonchev–Trinajstić information content (AvgIpc) is 2.46. The monoisotopic (exact) mass is 369 g/mol. The first-order valence-electron chi connectivity index (χ1n) is 6.55. The van der Waals surface area contributed by atoms with Crippen molar-refractivity contribution in [2.45, 2.75) is 24.1 Å². The minimum absolute atomic E-state index is 0.787. The van der Waals surface area contributed by atoms with E-state index in [1.54, 1.807) is 0 Å². The quantitative estimate of drug-likeness (QED) is 0.673. The fourth-order valence-corrected chi connectivity index (χ4v) is 3.36. The number of hydrogen-bond acceptors (Lipinski definition) is 2. The maximum absolute atomic E-state index is 5.91. The van der Waals surface area contributed by atoms with E-state index < -0.39 is 0 Å². The second-order valence-electron chi connectivity index (χ2n) is 4.45. The minimum atomic E-state index is 0.787. The number of thioether (sulfide) groups is 1. The zero-order valence-electron chi connectivity index (χ0n) is 11.3. The highest BCUT2D eigenvalue weighted by Gasteiger charge is 2.04. The number of halogens is 2. The van der Waals surface area contributed by atoms with Gasteiger partial charge in [-0.15, -0.1) is 11.8 Å². The molecule has 106 valence electrons. The maximum atomic E-state index is 5.91. The molecule has 0 atom stereocenters. The van der Waals surface area contributed by atoms with Gasteiger partial charge in [0.05, 0.1) is 0 Å². The maximum Gasteiger partial charge on any atom is 0.0406 e. The zero-order valence-corrected chi connectivity index (χ0v) is 14.5. The fraction of sp³-hybridized carbons (Fsp3) is 0.250. The van der Waals surface area contributed by atoms with Crippen molar-refractivity contribution >= 4 is 39.3 Å². The second-order valence-corrected chi connectivity index (χ2v) is 6.82. The second kappa shape index (κ2) is 8.08. The molecule has 0 saturated carbocycles. The van der Waals surface area contributed by atoms with E-state index in [9.17, 15) is 0 Å². The Kier molecular flexibility index (Phi) is 6.43. The van der Waals surface area contributed by atoms with Gasteiger partial charge in [-0.25, -0.2) is 0 Å². The molecule has 0 aromatic heterocycles. The first-order valence-corrected chi connectivity index (χ1v) is 8.71. The number of benzene rings is 2. The third-order valence-electron chi connectivity index (χ3n) is 2.90. The predicted molar refractivity (Wildman–Crippen MR) is 92.5 cm³/mol. The molecule has 0 radical (unpaired) electrons. The van der Waals surface area contributed by atoms with E-state index in [1.165, 1.54) is 16.0 Å². The van der Waals surface area contributed by atoms with Gasteiger partial charge in [-0.2, -0.15) is 0 Å². The first kappa shape index (κ1) is 15.9. The zero-order chi connectivity index (χ0) is 14.4. The summed E-state index contributed by atoms with van der Waals surface area (Å²) in [6, 6.07) is 14.5. The molecule has 0 amide bonds. The van der Waals surface area contributed by atoms with E-state index in [2.05, 4.69) is 58.5 Å². The van der Waals surface area contributed by atoms with Crippen LogP contribution in [0.1, 0.15) is 18.1 Å². The lowest BCUT2D eigenvalue weighted by atomic mass is 10.2. The summed E-state index contributed by atoms with van der Waals surface area (Å²) < 4.78 is 1.13. The molecule has 0 aliphatic heterocycles. The van der Waals surface area contributed by atoms with Crippen LogP contribution in [0.25, 0.3) is 0 Å². The Morgan fingerprint density at radius 1 is 1.15 bits per heavy atom. The summed E-state index contributed by atoms with van der Waals surface area (Å²) in [7, 11) is 0. The highest BCUT2D eigenvalue weighted by Crippen LogP contribution is 2.29. The van der Waals surface area contributed by atoms with Crippen molar-refractivity contribution in [2.24, 2.45) is 0 Å². The molecule has 0 fully saturated rings. The number of rotatable bonds is 6. The van der Waals surface area contributed by atoms with E-state index in [1.807, 2.05) is 23.9 Å². The van der Waals surface area contributed by atoms with Gasteiger partial charge < -0.3 is 5.32 Å². The standard InChI is InChI=1S/C16H17BrClNS/c1-2-19-10-13-9-14(17)5-8-16(13)20-11-12-3-6-15(18)7-4-12/h3-9,19H,2,10-11H2,1H3. The van der Waals surface area contributed by atoms with Gasteiger partial charge >= 0.3 is 0 Å². The molecule has 0 aliphatic carbocycles. The van der Waals surface area contributed by atoms with Crippen LogP contribution < -0.4 is 5.32 Å². The summed E-state index contributed by atoms with van der Waals surface area (Å²) >= 11 is 11.3. The summed E-state index contributed by atoms with van der Waals surface area (Å²) in [6.45, 7) is 4.01. The molecule has 1 nitrogen and oxygen atoms in total. The molecular formula is C16H17BrClNS. The molecule has 20 heavy (non-hydrogen) atoms. The van der Waals surface area contributed by atoms with Crippen LogP contribution in [0.3, 0.4) is 0 Å². The Bertz CT molecular complexity index is 557. The van der Waals surface area contributed by atoms with Crippen LogP contribution in [0.4, 0.5) is 0 Å². The normalized spacial score (nSPS) is 10.8. The van der Waals surface area contributed by atoms with Gasteiger partial charge in [-0.1, -0.05) is 46.6 Å². The average molecular weight is 371 g/mol. The molecule has 2 aromatic carbocycles. The van der Waals surface area contributed by atoms with Gasteiger partial charge in [-0.05, 0) is 48.0 Å². The van der Waals surface area contributed by atoms with Gasteiger partial charge in [0.15, 0.2) is 0 Å². The summed E-state index contributed by atoms with van der Waals surface area (Å²) in [5.41, 5.74) is 2.62. The lowest BCUT2D eigenvalue weighted by Crippen LogP contribution is -2.12. The van der Waals surface area contributed by atoms with Gasteiger partial charge in [-0.3, -0.25) is 0 Å². The SMILES string of the molecule is CCNCc1cc(Br)ccc1SCc1ccc(Cl)cc1. The number of nitrogens with one attached hydrogen (secondary N) is 1. The van der Waals surface area contributed by atoms with Crippen LogP contribution in [0, 0.1) is 0 Å². The van der Waals surface area contributed by atoms with Crippen molar-refractivity contribution in [3.8, 4) is 0 Å². The molecule has 0 unspecified atom stereocenters. The Labute approximate surface area is 138 Å². The molecule has 0 saturated heterocycles. The van der Waals surface area contributed by atoms with Crippen LogP contribution >= 0.6 is 39.3 Å². The van der Waals surface area contributed by atoms with Gasteiger partial charge in [0, 0.05) is 26.7 Å². The van der Waals surface area contributed by atoms with Crippen LogP contribution in [-0.4, -0.2) is 6.54 Å². The van der Waals surface area contributed by atoms with Crippen molar-refractivity contribution in [3.63, 3.8) is 0 Å². The molecule has 0 spiro atoms. The highest BCUT2D eigenvalue weighted by atomic mass is 79.9. The van der Waals surface area contributed by atoms with E-state index in [0.717, 1.165) is 28.3 Å². The van der Waals surface area contributed by atoms with E-state index >= 15 is 0 Å². The molecular weight excluding hydrogens is 354 g/mol. The smallest absolute Gasteiger partial charge is 0.0406 e. The summed E-state index contributed by atoms with van der Waals surface area (Å²) in [6.07, 6.45) is 0. The highest BCUT2D eigenvalue weighted by molar-refractivity contribution is 9.10. The third kappa shape index (κ3) is 4.81. The predicted octanol–water partition coefficient (Wildman–Crippen LogP) is 5.50. The van der Waals surface area contributed by atoms with Gasteiger partial charge in [0.25, 0.3) is 0 Å². The van der Waals surface area contributed by atoms with Crippen molar-refractivity contribution in [3.05, 3.63) is 63.1 Å². The van der Waals surface area contributed by atoms with Gasteiger partial charge in [0.2, 0.25) is 0 Å². The first-order chi connectivity index (χ1) is 9.69. The molecule has 2 aromatic rings. The topological polar surface area (TPSA) is 12.0 Å². The Morgan fingerprint density at radius 2 is 1.90 bits per heavy atom. The molecule has 1 N–H and O–H groups in total. The molecule has 2 rings (SSSR count). The largest absolute Gasteiger partial charge is 0.313 e. The summed E-state index contributed by atoms with van der Waals surface area (Å²) in [5, 5.41) is 4.17. The van der Waals surface area contributed by atoms with Crippen molar-refractivity contribution in [2.75, 3.05) is 6.54 Å².